The first-order valence-corrected chi connectivity index (χ1v) is 11.4. The van der Waals surface area contributed by atoms with Crippen LogP contribution in [0.1, 0.15) is 35.6 Å². The normalized spacial score (nSPS) is 18.6. The third-order valence-electron chi connectivity index (χ3n) is 5.09. The molecule has 0 aromatic carbocycles. The van der Waals surface area contributed by atoms with Crippen LogP contribution in [0.25, 0.3) is 0 Å². The van der Waals surface area contributed by atoms with Crippen LogP contribution in [0.3, 0.4) is 0 Å². The highest BCUT2D eigenvalue weighted by Gasteiger charge is 2.44. The lowest BCUT2D eigenvalue weighted by Crippen LogP contribution is -2.59. The van der Waals surface area contributed by atoms with E-state index in [0.29, 0.717) is 6.42 Å². The Morgan fingerprint density at radius 2 is 2.03 bits per heavy atom. The molecule has 3 heterocycles. The highest BCUT2D eigenvalue weighted by Crippen LogP contribution is 2.21. The number of carbonyl (C=O) groups is 4. The molecule has 11 nitrogen and oxygen atoms in total. The number of rotatable bonds is 8. The smallest absolute Gasteiger partial charge is 0.315 e. The van der Waals surface area contributed by atoms with Gasteiger partial charge in [-0.1, -0.05) is 6.07 Å². The number of aromatic nitrogens is 2. The third kappa shape index (κ3) is 6.25. The molecule has 1 fully saturated rings. The first-order valence-electron chi connectivity index (χ1n) is 10.5. The summed E-state index contributed by atoms with van der Waals surface area (Å²) < 4.78 is 0. The molecule has 33 heavy (non-hydrogen) atoms. The van der Waals surface area contributed by atoms with Gasteiger partial charge < -0.3 is 26.6 Å². The van der Waals surface area contributed by atoms with E-state index in [1.807, 2.05) is 31.4 Å². The van der Waals surface area contributed by atoms with Gasteiger partial charge in [0, 0.05) is 36.3 Å². The molecule has 12 heteroatoms. The number of likely N-dealkylation sites (tertiary alicyclic amines) is 1. The van der Waals surface area contributed by atoms with Gasteiger partial charge in [-0.15, -0.1) is 11.3 Å². The quantitative estimate of drug-likeness (QED) is 0.424. The van der Waals surface area contributed by atoms with Crippen molar-refractivity contribution in [2.75, 3.05) is 6.54 Å². The first-order chi connectivity index (χ1) is 15.8. The Morgan fingerprint density at radius 3 is 2.64 bits per heavy atom. The monoisotopic (exact) mass is 473 g/mol. The van der Waals surface area contributed by atoms with Crippen molar-refractivity contribution >= 4 is 35.1 Å². The molecule has 1 saturated heterocycles. The maximum atomic E-state index is 13.3. The van der Waals surface area contributed by atoms with E-state index >= 15 is 0 Å². The number of nitrogens with two attached hydrogens (primary N) is 1. The van der Waals surface area contributed by atoms with Crippen molar-refractivity contribution in [3.8, 4) is 0 Å². The van der Waals surface area contributed by atoms with E-state index in [0.717, 1.165) is 4.88 Å². The Bertz CT molecular complexity index is 984. The molecule has 0 unspecified atom stereocenters. The highest BCUT2D eigenvalue weighted by atomic mass is 32.1. The van der Waals surface area contributed by atoms with Gasteiger partial charge in [0.25, 0.3) is 5.91 Å². The molecular weight excluding hydrogens is 446 g/mol. The summed E-state index contributed by atoms with van der Waals surface area (Å²) in [6, 6.07) is 0.434. The van der Waals surface area contributed by atoms with E-state index in [9.17, 15) is 19.2 Å². The van der Waals surface area contributed by atoms with Gasteiger partial charge in [-0.05, 0) is 31.7 Å². The summed E-state index contributed by atoms with van der Waals surface area (Å²) in [5.74, 6) is -1.77. The molecule has 0 saturated carbocycles. The zero-order valence-corrected chi connectivity index (χ0v) is 19.2. The average molecular weight is 474 g/mol. The minimum atomic E-state index is -1.05. The zero-order valence-electron chi connectivity index (χ0n) is 18.4. The number of urea groups is 1. The van der Waals surface area contributed by atoms with Crippen molar-refractivity contribution in [1.82, 2.24) is 30.8 Å². The first kappa shape index (κ1) is 24.1. The molecule has 2 aromatic rings. The van der Waals surface area contributed by atoms with Gasteiger partial charge in [0.05, 0.1) is 12.2 Å². The van der Waals surface area contributed by atoms with Gasteiger partial charge in [0.1, 0.15) is 17.8 Å². The molecule has 1 aliphatic heterocycles. The van der Waals surface area contributed by atoms with Crippen molar-refractivity contribution in [2.24, 2.45) is 5.73 Å². The Hall–Kier alpha value is -3.54. The Kier molecular flexibility index (Phi) is 7.93. The molecule has 0 radical (unpaired) electrons. The molecular formula is C21H27N7O4S. The topological polar surface area (TPSA) is 159 Å². The van der Waals surface area contributed by atoms with Crippen LogP contribution in [0.5, 0.6) is 0 Å². The van der Waals surface area contributed by atoms with Crippen molar-refractivity contribution < 1.29 is 19.2 Å². The predicted molar refractivity (Wildman–Crippen MR) is 121 cm³/mol. The molecule has 2 aromatic heterocycles. The van der Waals surface area contributed by atoms with Gasteiger partial charge >= 0.3 is 6.03 Å². The standard InChI is InChI=1S/C21H27N7O4S/c1-12(2)25-21(32)27-14-5-8-28(20(31)16-11-23-6-7-24-16)17(14)19(30)26-15(18(22)29)10-13-4-3-9-33-13/h3-4,6-7,9,11-12,14-15,17H,5,8,10H2,1-2H3,(H2,22,29)(H,26,30)(H2,25,27,32)/t14-,15+,17+/m1/s1. The summed E-state index contributed by atoms with van der Waals surface area (Å²) in [4.78, 5) is 60.9. The van der Waals surface area contributed by atoms with Crippen molar-refractivity contribution in [1.29, 1.82) is 0 Å². The van der Waals surface area contributed by atoms with Gasteiger partial charge in [-0.2, -0.15) is 0 Å². The lowest BCUT2D eigenvalue weighted by molar-refractivity contribution is -0.130. The van der Waals surface area contributed by atoms with Gasteiger partial charge in [-0.3, -0.25) is 19.4 Å². The molecule has 3 atom stereocenters. The molecule has 0 spiro atoms. The van der Waals surface area contributed by atoms with Crippen molar-refractivity contribution in [3.63, 3.8) is 0 Å². The second-order valence-corrected chi connectivity index (χ2v) is 8.98. The van der Waals surface area contributed by atoms with Crippen LogP contribution >= 0.6 is 11.3 Å². The van der Waals surface area contributed by atoms with Gasteiger partial charge in [0.15, 0.2) is 0 Å². The van der Waals surface area contributed by atoms with E-state index in [1.54, 1.807) is 0 Å². The predicted octanol–water partition coefficient (Wildman–Crippen LogP) is 0.0416. The van der Waals surface area contributed by atoms with Crippen molar-refractivity contribution in [2.45, 2.75) is 50.9 Å². The van der Waals surface area contributed by atoms with Crippen LogP contribution in [0, 0.1) is 0 Å². The number of carbonyl (C=O) groups excluding carboxylic acids is 4. The Labute approximate surface area is 195 Å². The van der Waals surface area contributed by atoms with Crippen LogP contribution in [-0.2, 0) is 16.0 Å². The number of amides is 5. The molecule has 1 aliphatic rings. The average Bonchev–Trinajstić information content (AvgIpc) is 3.42. The van der Waals surface area contributed by atoms with Crippen LogP contribution in [0.2, 0.25) is 0 Å². The lowest BCUT2D eigenvalue weighted by atomic mass is 10.1. The number of primary amides is 1. The second kappa shape index (κ2) is 10.9. The number of nitrogens with zero attached hydrogens (tertiary/aromatic N) is 3. The minimum Gasteiger partial charge on any atom is -0.368 e. The minimum absolute atomic E-state index is 0.0765. The van der Waals surface area contributed by atoms with Crippen LogP contribution in [0.15, 0.2) is 36.1 Å². The summed E-state index contributed by atoms with van der Waals surface area (Å²) in [6.45, 7) is 3.83. The third-order valence-corrected chi connectivity index (χ3v) is 5.99. The Morgan fingerprint density at radius 1 is 1.24 bits per heavy atom. The fraction of sp³-hybridized carbons (Fsp3) is 0.429. The summed E-state index contributed by atoms with van der Waals surface area (Å²) in [6.07, 6.45) is 4.71. The molecule has 5 N–H and O–H groups in total. The second-order valence-electron chi connectivity index (χ2n) is 7.95. The number of nitrogens with one attached hydrogen (secondary N) is 3. The van der Waals surface area contributed by atoms with E-state index in [-0.39, 0.29) is 24.7 Å². The highest BCUT2D eigenvalue weighted by molar-refractivity contribution is 7.09. The largest absolute Gasteiger partial charge is 0.368 e. The maximum absolute atomic E-state index is 13.3. The van der Waals surface area contributed by atoms with Crippen LogP contribution < -0.4 is 21.7 Å². The van der Waals surface area contributed by atoms with Gasteiger partial charge in [0.2, 0.25) is 11.8 Å². The number of hydrogen-bond donors (Lipinski definition) is 4. The fourth-order valence-electron chi connectivity index (χ4n) is 3.63. The molecule has 176 valence electrons. The van der Waals surface area contributed by atoms with E-state index in [4.69, 9.17) is 5.73 Å². The zero-order chi connectivity index (χ0) is 24.0. The van der Waals surface area contributed by atoms with Crippen LogP contribution in [-0.4, -0.2) is 69.3 Å². The molecule has 0 bridgehead atoms. The molecule has 3 rings (SSSR count). The number of thiophene rings is 1. The van der Waals surface area contributed by atoms with E-state index < -0.39 is 41.9 Å². The Balaban J connectivity index is 1.82. The molecule has 0 aliphatic carbocycles. The van der Waals surface area contributed by atoms with Gasteiger partial charge in [-0.25, -0.2) is 9.78 Å². The summed E-state index contributed by atoms with van der Waals surface area (Å²) >= 11 is 1.44. The summed E-state index contributed by atoms with van der Waals surface area (Å²) in [5.41, 5.74) is 5.60. The van der Waals surface area contributed by atoms with E-state index in [1.165, 1.54) is 34.8 Å². The van der Waals surface area contributed by atoms with Crippen molar-refractivity contribution in [3.05, 3.63) is 46.7 Å². The summed E-state index contributed by atoms with van der Waals surface area (Å²) in [7, 11) is 0. The van der Waals surface area contributed by atoms with E-state index in [2.05, 4.69) is 25.9 Å². The number of hydrogen-bond acceptors (Lipinski definition) is 7. The fourth-order valence-corrected chi connectivity index (χ4v) is 4.39. The maximum Gasteiger partial charge on any atom is 0.315 e. The van der Waals surface area contributed by atoms with Crippen LogP contribution in [0.4, 0.5) is 4.79 Å². The molecule has 5 amide bonds. The summed E-state index contributed by atoms with van der Waals surface area (Å²) in [5, 5.41) is 10.0. The SMILES string of the molecule is CC(C)NC(=O)N[C@@H]1CCN(C(=O)c2cnccn2)[C@@H]1C(=O)N[C@@H](Cc1cccs1)C(N)=O. The lowest BCUT2D eigenvalue weighted by Gasteiger charge is -2.29.